The topological polar surface area (TPSA) is 109 Å². The predicted molar refractivity (Wildman–Crippen MR) is 82.1 cm³/mol. The van der Waals surface area contributed by atoms with E-state index in [1.807, 2.05) is 13.8 Å². The van der Waals surface area contributed by atoms with Crippen LogP contribution in [0.25, 0.3) is 0 Å². The summed E-state index contributed by atoms with van der Waals surface area (Å²) in [6, 6.07) is 0.145. The molecule has 0 aromatic carbocycles. The van der Waals surface area contributed by atoms with Crippen molar-refractivity contribution in [3.63, 3.8) is 0 Å². The van der Waals surface area contributed by atoms with Crippen LogP contribution in [0.3, 0.4) is 0 Å². The Morgan fingerprint density at radius 3 is 2.67 bits per heavy atom. The maximum absolute atomic E-state index is 11.5. The number of aromatic nitrogens is 3. The van der Waals surface area contributed by atoms with Crippen LogP contribution in [-0.4, -0.2) is 46.5 Å². The summed E-state index contributed by atoms with van der Waals surface area (Å²) in [5, 5.41) is 5.86. The highest BCUT2D eigenvalue weighted by Gasteiger charge is 2.16. The fourth-order valence-electron chi connectivity index (χ4n) is 2.20. The van der Waals surface area contributed by atoms with Crippen molar-refractivity contribution >= 4 is 23.8 Å². The molecule has 1 saturated heterocycles. The first kappa shape index (κ1) is 15.3. The van der Waals surface area contributed by atoms with Crippen LogP contribution < -0.4 is 21.3 Å². The first-order chi connectivity index (χ1) is 10.0. The number of nitrogen functional groups attached to an aromatic ring is 1. The van der Waals surface area contributed by atoms with Crippen molar-refractivity contribution in [1.82, 2.24) is 20.3 Å². The first-order valence-electron chi connectivity index (χ1n) is 7.34. The zero-order valence-electron chi connectivity index (χ0n) is 12.6. The molecular formula is C13H23N7O. The van der Waals surface area contributed by atoms with E-state index in [2.05, 4.69) is 30.5 Å². The lowest BCUT2D eigenvalue weighted by molar-refractivity contribution is -0.121. The molecule has 1 aromatic rings. The molecule has 8 heteroatoms. The van der Waals surface area contributed by atoms with Crippen molar-refractivity contribution < 1.29 is 4.79 Å². The molecule has 116 valence electrons. The zero-order chi connectivity index (χ0) is 15.2. The van der Waals surface area contributed by atoms with Crippen LogP contribution in [0.5, 0.6) is 0 Å². The summed E-state index contributed by atoms with van der Waals surface area (Å²) >= 11 is 0. The van der Waals surface area contributed by atoms with Gasteiger partial charge in [0, 0.05) is 32.1 Å². The van der Waals surface area contributed by atoms with Crippen LogP contribution >= 0.6 is 0 Å². The first-order valence-corrected chi connectivity index (χ1v) is 7.34. The number of amides is 1. The third kappa shape index (κ3) is 4.73. The Hall–Kier alpha value is -2.12. The van der Waals surface area contributed by atoms with Crippen LogP contribution in [0.4, 0.5) is 17.8 Å². The van der Waals surface area contributed by atoms with Gasteiger partial charge in [-0.1, -0.05) is 0 Å². The molecule has 1 aromatic heterocycles. The Balaban J connectivity index is 1.89. The normalized spacial score (nSPS) is 14.5. The standard InChI is InChI=1S/C13H23N7O/c1-9(2)16-10(21)5-6-15-12-17-11(14)18-13(19-12)20-7-3-4-8-20/h9H,3-8H2,1-2H3,(H,16,21)(H3,14,15,17,18,19). The van der Waals surface area contributed by atoms with Gasteiger partial charge in [-0.3, -0.25) is 4.79 Å². The van der Waals surface area contributed by atoms with Gasteiger partial charge in [0.1, 0.15) is 0 Å². The highest BCUT2D eigenvalue weighted by molar-refractivity contribution is 5.76. The van der Waals surface area contributed by atoms with Crippen molar-refractivity contribution in [3.8, 4) is 0 Å². The van der Waals surface area contributed by atoms with Crippen molar-refractivity contribution in [2.24, 2.45) is 0 Å². The number of nitrogens with zero attached hydrogens (tertiary/aromatic N) is 4. The SMILES string of the molecule is CC(C)NC(=O)CCNc1nc(N)nc(N2CCCC2)n1. The maximum Gasteiger partial charge on any atom is 0.231 e. The molecule has 1 fully saturated rings. The third-order valence-corrected chi connectivity index (χ3v) is 3.11. The molecule has 8 nitrogen and oxygen atoms in total. The van der Waals surface area contributed by atoms with Crippen LogP contribution in [0, 0.1) is 0 Å². The van der Waals surface area contributed by atoms with E-state index in [4.69, 9.17) is 5.73 Å². The highest BCUT2D eigenvalue weighted by Crippen LogP contribution is 2.17. The summed E-state index contributed by atoms with van der Waals surface area (Å²) in [7, 11) is 0. The van der Waals surface area contributed by atoms with Gasteiger partial charge in [0.05, 0.1) is 0 Å². The Bertz CT molecular complexity index is 485. The Labute approximate surface area is 124 Å². The number of carbonyl (C=O) groups is 1. The molecule has 0 bridgehead atoms. The summed E-state index contributed by atoms with van der Waals surface area (Å²) in [5.41, 5.74) is 5.72. The van der Waals surface area contributed by atoms with E-state index in [1.54, 1.807) is 0 Å². The Kier molecular flexibility index (Phi) is 5.13. The molecule has 0 unspecified atom stereocenters. The molecule has 0 saturated carbocycles. The second kappa shape index (κ2) is 7.05. The van der Waals surface area contributed by atoms with Crippen molar-refractivity contribution in [2.75, 3.05) is 35.6 Å². The summed E-state index contributed by atoms with van der Waals surface area (Å²) in [6.07, 6.45) is 2.65. The van der Waals surface area contributed by atoms with Crippen LogP contribution in [0.1, 0.15) is 33.1 Å². The van der Waals surface area contributed by atoms with Gasteiger partial charge < -0.3 is 21.3 Å². The fraction of sp³-hybridized carbons (Fsp3) is 0.692. The molecule has 1 aliphatic heterocycles. The molecule has 0 radical (unpaired) electrons. The molecule has 2 rings (SSSR count). The molecule has 21 heavy (non-hydrogen) atoms. The van der Waals surface area contributed by atoms with Crippen molar-refractivity contribution in [3.05, 3.63) is 0 Å². The molecule has 2 heterocycles. The number of nitrogens with two attached hydrogens (primary N) is 1. The predicted octanol–water partition coefficient (Wildman–Crippen LogP) is 0.381. The van der Waals surface area contributed by atoms with Gasteiger partial charge in [-0.25, -0.2) is 0 Å². The van der Waals surface area contributed by atoms with Crippen LogP contribution in [0.15, 0.2) is 0 Å². The van der Waals surface area contributed by atoms with Crippen LogP contribution in [-0.2, 0) is 4.79 Å². The molecule has 1 amide bonds. The molecule has 0 atom stereocenters. The van der Waals surface area contributed by atoms with E-state index >= 15 is 0 Å². The quantitative estimate of drug-likeness (QED) is 0.695. The van der Waals surface area contributed by atoms with Gasteiger partial charge in [0.15, 0.2) is 0 Å². The average molecular weight is 293 g/mol. The van der Waals surface area contributed by atoms with E-state index in [0.717, 1.165) is 25.9 Å². The monoisotopic (exact) mass is 293 g/mol. The number of carbonyl (C=O) groups excluding carboxylic acids is 1. The highest BCUT2D eigenvalue weighted by atomic mass is 16.1. The minimum atomic E-state index is -0.000653. The molecule has 4 N–H and O–H groups in total. The van der Waals surface area contributed by atoms with Gasteiger partial charge in [-0.2, -0.15) is 15.0 Å². The third-order valence-electron chi connectivity index (χ3n) is 3.11. The Morgan fingerprint density at radius 1 is 1.29 bits per heavy atom. The molecule has 0 aliphatic carbocycles. The van der Waals surface area contributed by atoms with E-state index in [-0.39, 0.29) is 17.9 Å². The minimum Gasteiger partial charge on any atom is -0.368 e. The van der Waals surface area contributed by atoms with E-state index in [0.29, 0.717) is 24.9 Å². The smallest absolute Gasteiger partial charge is 0.231 e. The fourth-order valence-corrected chi connectivity index (χ4v) is 2.20. The summed E-state index contributed by atoms with van der Waals surface area (Å²) < 4.78 is 0. The zero-order valence-corrected chi connectivity index (χ0v) is 12.6. The van der Waals surface area contributed by atoms with E-state index < -0.39 is 0 Å². The van der Waals surface area contributed by atoms with Gasteiger partial charge in [-0.05, 0) is 26.7 Å². The second-order valence-electron chi connectivity index (χ2n) is 5.41. The lowest BCUT2D eigenvalue weighted by atomic mass is 10.3. The average Bonchev–Trinajstić information content (AvgIpc) is 2.91. The summed E-state index contributed by atoms with van der Waals surface area (Å²) in [6.45, 7) is 6.21. The molecule has 0 spiro atoms. The van der Waals surface area contributed by atoms with Gasteiger partial charge >= 0.3 is 0 Å². The van der Waals surface area contributed by atoms with Crippen molar-refractivity contribution in [1.29, 1.82) is 0 Å². The number of rotatable bonds is 6. The summed E-state index contributed by atoms with van der Waals surface area (Å²) in [5.74, 6) is 1.22. The largest absolute Gasteiger partial charge is 0.368 e. The maximum atomic E-state index is 11.5. The van der Waals surface area contributed by atoms with Crippen molar-refractivity contribution in [2.45, 2.75) is 39.2 Å². The molecular weight excluding hydrogens is 270 g/mol. The van der Waals surface area contributed by atoms with Gasteiger partial charge in [0.2, 0.25) is 23.8 Å². The van der Waals surface area contributed by atoms with E-state index in [1.165, 1.54) is 0 Å². The Morgan fingerprint density at radius 2 is 2.00 bits per heavy atom. The lowest BCUT2D eigenvalue weighted by Crippen LogP contribution is -2.31. The van der Waals surface area contributed by atoms with Gasteiger partial charge in [-0.15, -0.1) is 0 Å². The number of hydrogen-bond acceptors (Lipinski definition) is 7. The second-order valence-corrected chi connectivity index (χ2v) is 5.41. The minimum absolute atomic E-state index is 0.000653. The summed E-state index contributed by atoms with van der Waals surface area (Å²) in [4.78, 5) is 26.2. The van der Waals surface area contributed by atoms with Gasteiger partial charge in [0.25, 0.3) is 0 Å². The number of hydrogen-bond donors (Lipinski definition) is 3. The lowest BCUT2D eigenvalue weighted by Gasteiger charge is -2.16. The number of anilines is 3. The van der Waals surface area contributed by atoms with E-state index in [9.17, 15) is 4.79 Å². The number of nitrogens with one attached hydrogen (secondary N) is 2. The van der Waals surface area contributed by atoms with Crippen LogP contribution in [0.2, 0.25) is 0 Å². The molecule has 1 aliphatic rings.